The van der Waals surface area contributed by atoms with Crippen LogP contribution in [0.15, 0.2) is 57.5 Å². The number of nitrogens with zero attached hydrogens (tertiary/aromatic N) is 3. The van der Waals surface area contributed by atoms with Gasteiger partial charge in [-0.05, 0) is 50.1 Å². The number of carbonyl (C=O) groups excluding carboxylic acids is 1. The van der Waals surface area contributed by atoms with Crippen LogP contribution in [0.25, 0.3) is 11.4 Å². The summed E-state index contributed by atoms with van der Waals surface area (Å²) in [5.74, 6) is 1.46. The molecule has 0 aliphatic carbocycles. The lowest BCUT2D eigenvalue weighted by Crippen LogP contribution is -2.40. The number of aryl methyl sites for hydroxylation is 1. The Balaban J connectivity index is 1.35. The summed E-state index contributed by atoms with van der Waals surface area (Å²) >= 11 is 3.39. The molecule has 28 heavy (non-hydrogen) atoms. The molecule has 0 radical (unpaired) electrons. The van der Waals surface area contributed by atoms with E-state index in [1.54, 1.807) is 0 Å². The van der Waals surface area contributed by atoms with Crippen LogP contribution < -0.4 is 5.32 Å². The number of anilines is 1. The molecule has 4 rings (SSSR count). The number of hydrogen-bond acceptors (Lipinski definition) is 4. The smallest absolute Gasteiger partial charge is 0.321 e. The molecule has 6 nitrogen and oxygen atoms in total. The lowest BCUT2D eigenvalue weighted by Gasteiger charge is -2.30. The predicted molar refractivity (Wildman–Crippen MR) is 111 cm³/mol. The van der Waals surface area contributed by atoms with Gasteiger partial charge in [0.05, 0.1) is 0 Å². The van der Waals surface area contributed by atoms with E-state index in [-0.39, 0.29) is 11.9 Å². The molecule has 1 saturated heterocycles. The average molecular weight is 441 g/mol. The van der Waals surface area contributed by atoms with Gasteiger partial charge in [0.1, 0.15) is 0 Å². The van der Waals surface area contributed by atoms with Gasteiger partial charge in [-0.1, -0.05) is 44.8 Å². The second-order valence-electron chi connectivity index (χ2n) is 7.02. The molecule has 0 bridgehead atoms. The van der Waals surface area contributed by atoms with Gasteiger partial charge >= 0.3 is 6.03 Å². The van der Waals surface area contributed by atoms with Crippen molar-refractivity contribution in [2.75, 3.05) is 18.4 Å². The minimum absolute atomic E-state index is 0.0771. The van der Waals surface area contributed by atoms with Crippen LogP contribution in [0, 0.1) is 6.92 Å². The lowest BCUT2D eigenvalue weighted by atomic mass is 9.97. The minimum Gasteiger partial charge on any atom is -0.339 e. The molecule has 144 valence electrons. The second kappa shape index (κ2) is 8.14. The van der Waals surface area contributed by atoms with Crippen LogP contribution in [0.2, 0.25) is 0 Å². The van der Waals surface area contributed by atoms with Crippen LogP contribution >= 0.6 is 15.9 Å². The number of nitrogens with one attached hydrogen (secondary N) is 1. The molecular formula is C21H21BrN4O2. The minimum atomic E-state index is -0.0771. The van der Waals surface area contributed by atoms with Gasteiger partial charge in [0, 0.05) is 34.7 Å². The number of amides is 2. The van der Waals surface area contributed by atoms with E-state index in [4.69, 9.17) is 4.52 Å². The van der Waals surface area contributed by atoms with Gasteiger partial charge in [-0.25, -0.2) is 4.79 Å². The molecule has 7 heteroatoms. The zero-order valence-electron chi connectivity index (χ0n) is 15.6. The molecule has 0 atom stereocenters. The van der Waals surface area contributed by atoms with Crippen molar-refractivity contribution in [3.63, 3.8) is 0 Å². The maximum absolute atomic E-state index is 12.5. The Morgan fingerprint density at radius 3 is 2.64 bits per heavy atom. The van der Waals surface area contributed by atoms with E-state index < -0.39 is 0 Å². The highest BCUT2D eigenvalue weighted by atomic mass is 79.9. The Bertz CT molecular complexity index is 963. The summed E-state index contributed by atoms with van der Waals surface area (Å²) in [6, 6.07) is 15.5. The Kier molecular flexibility index (Phi) is 5.43. The van der Waals surface area contributed by atoms with Gasteiger partial charge in [-0.3, -0.25) is 0 Å². The molecule has 1 fully saturated rings. The molecule has 1 aliphatic heterocycles. The summed E-state index contributed by atoms with van der Waals surface area (Å²) in [6.07, 6.45) is 1.62. The molecule has 2 aromatic carbocycles. The first-order valence-electron chi connectivity index (χ1n) is 9.30. The number of rotatable bonds is 3. The third-order valence-electron chi connectivity index (χ3n) is 4.94. The number of likely N-dealkylation sites (tertiary alicyclic amines) is 1. The highest BCUT2D eigenvalue weighted by Gasteiger charge is 2.27. The van der Waals surface area contributed by atoms with E-state index >= 15 is 0 Å². The van der Waals surface area contributed by atoms with E-state index in [9.17, 15) is 4.79 Å². The number of carbonyl (C=O) groups is 1. The van der Waals surface area contributed by atoms with E-state index in [1.165, 1.54) is 0 Å². The average Bonchev–Trinajstić information content (AvgIpc) is 3.20. The summed E-state index contributed by atoms with van der Waals surface area (Å²) in [7, 11) is 0. The van der Waals surface area contributed by atoms with Crippen molar-refractivity contribution in [1.29, 1.82) is 0 Å². The number of urea groups is 1. The van der Waals surface area contributed by atoms with Crippen molar-refractivity contribution in [2.24, 2.45) is 0 Å². The first-order chi connectivity index (χ1) is 13.6. The third kappa shape index (κ3) is 4.25. The Labute approximate surface area is 172 Å². The van der Waals surface area contributed by atoms with Crippen molar-refractivity contribution in [2.45, 2.75) is 25.7 Å². The second-order valence-corrected chi connectivity index (χ2v) is 7.94. The molecule has 1 aliphatic rings. The zero-order chi connectivity index (χ0) is 19.5. The maximum atomic E-state index is 12.5. The van der Waals surface area contributed by atoms with Crippen LogP contribution in [0.4, 0.5) is 10.5 Å². The first kappa shape index (κ1) is 18.7. The van der Waals surface area contributed by atoms with E-state index in [0.29, 0.717) is 24.8 Å². The lowest BCUT2D eigenvalue weighted by molar-refractivity contribution is 0.187. The standard InChI is InChI=1S/C21H21BrN4O2/c1-14-3-2-4-16(13-14)19-24-20(28-25-19)15-9-11-26(12-10-15)21(27)23-18-7-5-17(22)6-8-18/h2-8,13,15H,9-12H2,1H3,(H,23,27). The van der Waals surface area contributed by atoms with Crippen LogP contribution in [0.3, 0.4) is 0 Å². The van der Waals surface area contributed by atoms with Crippen molar-refractivity contribution in [3.8, 4) is 11.4 Å². The summed E-state index contributed by atoms with van der Waals surface area (Å²) in [4.78, 5) is 18.9. The van der Waals surface area contributed by atoms with Crippen molar-refractivity contribution in [3.05, 3.63) is 64.5 Å². The van der Waals surface area contributed by atoms with Gasteiger partial charge in [-0.2, -0.15) is 4.98 Å². The van der Waals surface area contributed by atoms with Gasteiger partial charge in [0.25, 0.3) is 0 Å². The van der Waals surface area contributed by atoms with Gasteiger partial charge in [0.2, 0.25) is 11.7 Å². The molecule has 0 unspecified atom stereocenters. The molecule has 1 N–H and O–H groups in total. The molecule has 2 heterocycles. The topological polar surface area (TPSA) is 71.3 Å². The highest BCUT2D eigenvalue weighted by molar-refractivity contribution is 9.10. The van der Waals surface area contributed by atoms with Crippen LogP contribution in [0.5, 0.6) is 0 Å². The van der Waals surface area contributed by atoms with Crippen molar-refractivity contribution >= 4 is 27.6 Å². The van der Waals surface area contributed by atoms with Crippen LogP contribution in [0.1, 0.15) is 30.2 Å². The fourth-order valence-electron chi connectivity index (χ4n) is 3.37. The number of benzene rings is 2. The number of halogens is 1. The molecule has 3 aromatic rings. The Hall–Kier alpha value is -2.67. The number of aromatic nitrogens is 2. The van der Waals surface area contributed by atoms with E-state index in [1.807, 2.05) is 60.4 Å². The SMILES string of the molecule is Cc1cccc(-c2noc(C3CCN(C(=O)Nc4ccc(Br)cc4)CC3)n2)c1. The monoisotopic (exact) mass is 440 g/mol. The molecule has 2 amide bonds. The largest absolute Gasteiger partial charge is 0.339 e. The predicted octanol–water partition coefficient (Wildman–Crippen LogP) is 5.22. The van der Waals surface area contributed by atoms with Crippen molar-refractivity contribution < 1.29 is 9.32 Å². The third-order valence-corrected chi connectivity index (χ3v) is 5.47. The van der Waals surface area contributed by atoms with Crippen LogP contribution in [-0.2, 0) is 0 Å². The fraction of sp³-hybridized carbons (Fsp3) is 0.286. The number of piperidine rings is 1. The maximum Gasteiger partial charge on any atom is 0.321 e. The van der Waals surface area contributed by atoms with Gasteiger partial charge < -0.3 is 14.7 Å². The van der Waals surface area contributed by atoms with E-state index in [2.05, 4.69) is 31.4 Å². The highest BCUT2D eigenvalue weighted by Crippen LogP contribution is 2.29. The zero-order valence-corrected chi connectivity index (χ0v) is 17.1. The summed E-state index contributed by atoms with van der Waals surface area (Å²) in [5.41, 5.74) is 2.91. The Morgan fingerprint density at radius 2 is 1.93 bits per heavy atom. The molecule has 0 spiro atoms. The molecule has 1 aromatic heterocycles. The summed E-state index contributed by atoms with van der Waals surface area (Å²) < 4.78 is 6.50. The molecular weight excluding hydrogens is 420 g/mol. The van der Waals surface area contributed by atoms with Gasteiger partial charge in [0.15, 0.2) is 0 Å². The number of hydrogen-bond donors (Lipinski definition) is 1. The Morgan fingerprint density at radius 1 is 1.18 bits per heavy atom. The fourth-order valence-corrected chi connectivity index (χ4v) is 3.63. The first-order valence-corrected chi connectivity index (χ1v) is 10.1. The van der Waals surface area contributed by atoms with Crippen molar-refractivity contribution in [1.82, 2.24) is 15.0 Å². The normalized spacial score (nSPS) is 14.9. The summed E-state index contributed by atoms with van der Waals surface area (Å²) in [5, 5.41) is 7.08. The van der Waals surface area contributed by atoms with Crippen LogP contribution in [-0.4, -0.2) is 34.2 Å². The quantitative estimate of drug-likeness (QED) is 0.605. The summed E-state index contributed by atoms with van der Waals surface area (Å²) in [6.45, 7) is 3.36. The van der Waals surface area contributed by atoms with Gasteiger partial charge in [-0.15, -0.1) is 0 Å². The van der Waals surface area contributed by atoms with E-state index in [0.717, 1.165) is 34.1 Å². The molecule has 0 saturated carbocycles.